The van der Waals surface area contributed by atoms with Gasteiger partial charge in [-0.2, -0.15) is 0 Å². The summed E-state index contributed by atoms with van der Waals surface area (Å²) in [6, 6.07) is 0. The number of unbranched alkanes of at least 4 members (excludes halogenated alkanes) is 1. The van der Waals surface area contributed by atoms with Gasteiger partial charge in [-0.15, -0.1) is 0 Å². The van der Waals surface area contributed by atoms with Crippen LogP contribution >= 0.6 is 0 Å². The van der Waals surface area contributed by atoms with E-state index >= 15 is 0 Å². The van der Waals surface area contributed by atoms with Gasteiger partial charge in [0, 0.05) is 12.5 Å². The third kappa shape index (κ3) is 10.2. The smallest absolute Gasteiger partial charge is 0.223 e. The predicted molar refractivity (Wildman–Crippen MR) is 79.2 cm³/mol. The van der Waals surface area contributed by atoms with Crippen LogP contribution < -0.4 is 5.32 Å². The zero-order chi connectivity index (χ0) is 15.8. The first-order valence-corrected chi connectivity index (χ1v) is 8.92. The molecule has 1 amide bonds. The maximum Gasteiger partial charge on any atom is 0.223 e. The molecule has 1 unspecified atom stereocenters. The molecule has 20 heavy (non-hydrogen) atoms. The standard InChI is InChI=1S/C14H29NO4S/c1-11(2)7-5-6-8-13(12(3)4)14(16)15-9-10-20(17,18)19/h11-13H,5-10H2,1-4H3,(H,15,16)(H,17,18,19)/p-1. The Morgan fingerprint density at radius 1 is 1.10 bits per heavy atom. The Balaban J connectivity index is 4.13. The minimum atomic E-state index is -4.26. The summed E-state index contributed by atoms with van der Waals surface area (Å²) in [5, 5.41) is 2.55. The normalized spacial score (nSPS) is 13.8. The van der Waals surface area contributed by atoms with Gasteiger partial charge < -0.3 is 9.87 Å². The molecule has 1 atom stereocenters. The monoisotopic (exact) mass is 306 g/mol. The van der Waals surface area contributed by atoms with Crippen molar-refractivity contribution < 1.29 is 17.8 Å². The second-order valence-corrected chi connectivity index (χ2v) is 7.61. The van der Waals surface area contributed by atoms with E-state index in [2.05, 4.69) is 19.2 Å². The summed E-state index contributed by atoms with van der Waals surface area (Å²) in [6.07, 6.45) is 4.05. The number of rotatable bonds is 10. The van der Waals surface area contributed by atoms with E-state index in [0.29, 0.717) is 5.92 Å². The molecule has 0 saturated heterocycles. The van der Waals surface area contributed by atoms with Gasteiger partial charge in [0.15, 0.2) is 0 Å². The second-order valence-electron chi connectivity index (χ2n) is 6.08. The molecule has 0 bridgehead atoms. The maximum absolute atomic E-state index is 12.0. The average molecular weight is 306 g/mol. The first-order chi connectivity index (χ1) is 9.13. The molecule has 0 aliphatic carbocycles. The minimum Gasteiger partial charge on any atom is -0.748 e. The van der Waals surface area contributed by atoms with E-state index in [1.165, 1.54) is 0 Å². The highest BCUT2D eigenvalue weighted by Crippen LogP contribution is 2.20. The van der Waals surface area contributed by atoms with E-state index in [1.54, 1.807) is 0 Å². The van der Waals surface area contributed by atoms with E-state index in [0.717, 1.165) is 25.7 Å². The van der Waals surface area contributed by atoms with E-state index < -0.39 is 15.9 Å². The zero-order valence-electron chi connectivity index (χ0n) is 13.0. The number of amides is 1. The lowest BCUT2D eigenvalue weighted by Gasteiger charge is -2.20. The third-order valence-corrected chi connectivity index (χ3v) is 4.04. The van der Waals surface area contributed by atoms with Gasteiger partial charge in [-0.05, 0) is 18.3 Å². The molecule has 0 aliphatic rings. The maximum atomic E-state index is 12.0. The molecule has 0 aromatic carbocycles. The number of hydrogen-bond donors (Lipinski definition) is 1. The molecule has 0 radical (unpaired) electrons. The van der Waals surface area contributed by atoms with Gasteiger partial charge >= 0.3 is 0 Å². The Morgan fingerprint density at radius 2 is 1.65 bits per heavy atom. The molecule has 0 rings (SSSR count). The van der Waals surface area contributed by atoms with Crippen LogP contribution in [0, 0.1) is 17.8 Å². The van der Waals surface area contributed by atoms with Crippen LogP contribution in [0.4, 0.5) is 0 Å². The van der Waals surface area contributed by atoms with Crippen molar-refractivity contribution in [1.82, 2.24) is 5.32 Å². The van der Waals surface area contributed by atoms with Crippen molar-refractivity contribution in [3.63, 3.8) is 0 Å². The minimum absolute atomic E-state index is 0.0973. The Hall–Kier alpha value is -0.620. The molecular weight excluding hydrogens is 278 g/mol. The van der Waals surface area contributed by atoms with E-state index in [9.17, 15) is 17.8 Å². The highest BCUT2D eigenvalue weighted by Gasteiger charge is 2.21. The molecule has 0 spiro atoms. The summed E-state index contributed by atoms with van der Waals surface area (Å²) in [6.45, 7) is 8.22. The molecule has 6 heteroatoms. The lowest BCUT2D eigenvalue weighted by Crippen LogP contribution is -2.36. The van der Waals surface area contributed by atoms with Gasteiger partial charge in [0.05, 0.1) is 15.9 Å². The molecule has 1 N–H and O–H groups in total. The SMILES string of the molecule is CC(C)CCCCC(C(=O)NCCS(=O)(=O)[O-])C(C)C. The topological polar surface area (TPSA) is 86.3 Å². The van der Waals surface area contributed by atoms with Crippen molar-refractivity contribution >= 4 is 16.0 Å². The van der Waals surface area contributed by atoms with Crippen LogP contribution in [0.1, 0.15) is 53.4 Å². The van der Waals surface area contributed by atoms with Crippen LogP contribution in [0.2, 0.25) is 0 Å². The van der Waals surface area contributed by atoms with Gasteiger partial charge in [0.1, 0.15) is 0 Å². The predicted octanol–water partition coefficient (Wildman–Crippen LogP) is 2.14. The van der Waals surface area contributed by atoms with Crippen LogP contribution in [0.25, 0.3) is 0 Å². The highest BCUT2D eigenvalue weighted by molar-refractivity contribution is 7.85. The Morgan fingerprint density at radius 3 is 2.10 bits per heavy atom. The third-order valence-electron chi connectivity index (χ3n) is 3.34. The first-order valence-electron chi connectivity index (χ1n) is 7.34. The summed E-state index contributed by atoms with van der Waals surface area (Å²) >= 11 is 0. The summed E-state index contributed by atoms with van der Waals surface area (Å²) in [4.78, 5) is 12.0. The van der Waals surface area contributed by atoms with Crippen molar-refractivity contribution in [2.24, 2.45) is 17.8 Å². The molecule has 120 valence electrons. The molecule has 0 aliphatic heterocycles. The fraction of sp³-hybridized carbons (Fsp3) is 0.929. The lowest BCUT2D eigenvalue weighted by atomic mass is 9.89. The largest absolute Gasteiger partial charge is 0.748 e. The number of carbonyl (C=O) groups excluding carboxylic acids is 1. The molecule has 5 nitrogen and oxygen atoms in total. The van der Waals surface area contributed by atoms with Gasteiger partial charge in [-0.25, -0.2) is 8.42 Å². The van der Waals surface area contributed by atoms with Gasteiger partial charge in [0.2, 0.25) is 5.91 Å². The Kier molecular flexibility index (Phi) is 9.05. The Labute approximate surface area is 123 Å². The van der Waals surface area contributed by atoms with Crippen molar-refractivity contribution in [3.05, 3.63) is 0 Å². The van der Waals surface area contributed by atoms with E-state index in [-0.39, 0.29) is 24.3 Å². The zero-order valence-corrected chi connectivity index (χ0v) is 13.8. The van der Waals surface area contributed by atoms with Crippen LogP contribution in [-0.2, 0) is 14.9 Å². The van der Waals surface area contributed by atoms with E-state index in [1.807, 2.05) is 13.8 Å². The molecule has 0 fully saturated rings. The molecular formula is C14H28NO4S-. The number of nitrogens with one attached hydrogen (secondary N) is 1. The summed E-state index contributed by atoms with van der Waals surface area (Å²) in [7, 11) is -4.26. The van der Waals surface area contributed by atoms with Crippen LogP contribution in [0.5, 0.6) is 0 Å². The first kappa shape index (κ1) is 19.4. The van der Waals surface area contributed by atoms with Crippen molar-refractivity contribution in [2.45, 2.75) is 53.4 Å². The molecule has 0 saturated carbocycles. The lowest BCUT2D eigenvalue weighted by molar-refractivity contribution is -0.126. The fourth-order valence-electron chi connectivity index (χ4n) is 2.11. The van der Waals surface area contributed by atoms with Crippen LogP contribution in [0.15, 0.2) is 0 Å². The summed E-state index contributed by atoms with van der Waals surface area (Å²) in [5.74, 6) is 0.0721. The van der Waals surface area contributed by atoms with Gasteiger partial charge in [-0.3, -0.25) is 4.79 Å². The fourth-order valence-corrected chi connectivity index (χ4v) is 2.47. The summed E-state index contributed by atoms with van der Waals surface area (Å²) in [5.41, 5.74) is 0. The second kappa shape index (κ2) is 9.34. The van der Waals surface area contributed by atoms with E-state index in [4.69, 9.17) is 0 Å². The molecule has 0 heterocycles. The Bertz CT molecular complexity index is 377. The highest BCUT2D eigenvalue weighted by atomic mass is 32.2. The van der Waals surface area contributed by atoms with Gasteiger partial charge in [0.25, 0.3) is 0 Å². The van der Waals surface area contributed by atoms with Crippen molar-refractivity contribution in [3.8, 4) is 0 Å². The van der Waals surface area contributed by atoms with Crippen molar-refractivity contribution in [1.29, 1.82) is 0 Å². The molecule has 0 aromatic rings. The number of carbonyl (C=O) groups is 1. The van der Waals surface area contributed by atoms with Gasteiger partial charge in [-0.1, -0.05) is 47.0 Å². The van der Waals surface area contributed by atoms with Crippen molar-refractivity contribution in [2.75, 3.05) is 12.3 Å². The summed E-state index contributed by atoms with van der Waals surface area (Å²) < 4.78 is 31.5. The van der Waals surface area contributed by atoms with Crippen LogP contribution in [0.3, 0.4) is 0 Å². The molecule has 0 aromatic heterocycles. The number of hydrogen-bond acceptors (Lipinski definition) is 4. The quantitative estimate of drug-likeness (QED) is 0.495. The van der Waals surface area contributed by atoms with Crippen LogP contribution in [-0.4, -0.2) is 31.2 Å². The average Bonchev–Trinajstić information content (AvgIpc) is 2.25.